The van der Waals surface area contributed by atoms with Gasteiger partial charge in [-0.3, -0.25) is 9.69 Å². The van der Waals surface area contributed by atoms with E-state index in [1.165, 1.54) is 4.90 Å². The van der Waals surface area contributed by atoms with Crippen molar-refractivity contribution in [2.24, 2.45) is 0 Å². The van der Waals surface area contributed by atoms with Crippen molar-refractivity contribution in [1.82, 2.24) is 9.97 Å². The number of pyridine rings is 2. The zero-order valence-electron chi connectivity index (χ0n) is 24.4. The van der Waals surface area contributed by atoms with E-state index in [0.717, 1.165) is 38.9 Å². The van der Waals surface area contributed by atoms with Crippen molar-refractivity contribution in [2.75, 3.05) is 16.8 Å². The molecule has 0 saturated heterocycles. The van der Waals surface area contributed by atoms with Crippen LogP contribution in [0, 0.1) is 0 Å². The average Bonchev–Trinajstić information content (AvgIpc) is 2.97. The summed E-state index contributed by atoms with van der Waals surface area (Å²) in [4.78, 5) is 36.1. The molecule has 5 rings (SSSR count). The Balaban J connectivity index is 1.58. The Labute approximate surface area is 245 Å². The second-order valence-corrected chi connectivity index (χ2v) is 11.1. The minimum Gasteiger partial charge on any atom is -0.508 e. The van der Waals surface area contributed by atoms with Gasteiger partial charge in [0.1, 0.15) is 17.1 Å². The molecule has 214 valence electrons. The molecule has 5 aromatic rings. The number of H-pyrrole nitrogens is 1. The Bertz CT molecular complexity index is 1750. The molecule has 0 radical (unpaired) electrons. The number of fused-ring (bicyclic) bond motifs is 1. The number of nitrogens with one attached hydrogen (secondary N) is 2. The van der Waals surface area contributed by atoms with Gasteiger partial charge in [-0.2, -0.15) is 0 Å². The SMILES string of the molecule is CC(C)c1cc(-c2cccc(O)c2)cc(C(C)C)c1NC(=O)N(CCc1ccccc1)c1cc2cccnc2[nH]c1=O. The first-order chi connectivity index (χ1) is 20.2. The fourth-order valence-corrected chi connectivity index (χ4v) is 5.21. The fraction of sp³-hybridized carbons (Fsp3) is 0.229. The largest absolute Gasteiger partial charge is 0.508 e. The van der Waals surface area contributed by atoms with Crippen LogP contribution in [-0.2, 0) is 6.42 Å². The summed E-state index contributed by atoms with van der Waals surface area (Å²) < 4.78 is 0. The Morgan fingerprint density at radius 1 is 0.881 bits per heavy atom. The molecule has 0 atom stereocenters. The summed E-state index contributed by atoms with van der Waals surface area (Å²) in [6, 6.07) is 26.3. The molecule has 0 spiro atoms. The van der Waals surface area contributed by atoms with E-state index < -0.39 is 0 Å². The topological polar surface area (TPSA) is 98.3 Å². The van der Waals surface area contributed by atoms with E-state index in [9.17, 15) is 14.7 Å². The Morgan fingerprint density at radius 2 is 1.60 bits per heavy atom. The lowest BCUT2D eigenvalue weighted by atomic mass is 9.88. The van der Waals surface area contributed by atoms with Gasteiger partial charge in [0.05, 0.1) is 0 Å². The van der Waals surface area contributed by atoms with Crippen LogP contribution in [0.5, 0.6) is 5.75 Å². The van der Waals surface area contributed by atoms with E-state index in [1.807, 2.05) is 48.5 Å². The second-order valence-electron chi connectivity index (χ2n) is 11.1. The summed E-state index contributed by atoms with van der Waals surface area (Å²) in [5.41, 5.74) is 6.00. The van der Waals surface area contributed by atoms with E-state index >= 15 is 0 Å². The first-order valence-corrected chi connectivity index (χ1v) is 14.3. The van der Waals surface area contributed by atoms with Crippen molar-refractivity contribution in [3.8, 4) is 16.9 Å². The van der Waals surface area contributed by atoms with Crippen molar-refractivity contribution in [2.45, 2.75) is 46.0 Å². The lowest BCUT2D eigenvalue weighted by Crippen LogP contribution is -2.40. The van der Waals surface area contributed by atoms with Crippen LogP contribution in [0.3, 0.4) is 0 Å². The number of aromatic hydroxyl groups is 1. The number of anilines is 2. The molecule has 0 saturated carbocycles. The summed E-state index contributed by atoms with van der Waals surface area (Å²) in [5, 5.41) is 14.1. The fourth-order valence-electron chi connectivity index (χ4n) is 5.21. The molecule has 0 aliphatic rings. The number of phenols is 1. The number of aromatic nitrogens is 2. The van der Waals surface area contributed by atoms with Crippen molar-refractivity contribution in [3.63, 3.8) is 0 Å². The molecule has 3 aromatic carbocycles. The highest BCUT2D eigenvalue weighted by Gasteiger charge is 2.24. The zero-order chi connectivity index (χ0) is 29.8. The molecule has 0 aliphatic heterocycles. The summed E-state index contributed by atoms with van der Waals surface area (Å²) in [6.07, 6.45) is 2.20. The molecule has 2 heterocycles. The lowest BCUT2D eigenvalue weighted by Gasteiger charge is -2.27. The minimum atomic E-state index is -0.381. The first kappa shape index (κ1) is 28.6. The van der Waals surface area contributed by atoms with Crippen molar-refractivity contribution in [1.29, 1.82) is 0 Å². The molecule has 2 amide bonds. The predicted molar refractivity (Wildman–Crippen MR) is 171 cm³/mol. The van der Waals surface area contributed by atoms with Gasteiger partial charge in [0.15, 0.2) is 0 Å². The summed E-state index contributed by atoms with van der Waals surface area (Å²) in [7, 11) is 0. The van der Waals surface area contributed by atoms with Gasteiger partial charge in [0.2, 0.25) is 0 Å². The third kappa shape index (κ3) is 6.20. The van der Waals surface area contributed by atoms with E-state index in [-0.39, 0.29) is 34.9 Å². The molecule has 3 N–H and O–H groups in total. The Hall–Kier alpha value is -4.91. The number of hydrogen-bond acceptors (Lipinski definition) is 4. The molecular formula is C35H36N4O3. The number of hydrogen-bond donors (Lipinski definition) is 3. The molecule has 0 fully saturated rings. The molecule has 7 heteroatoms. The van der Waals surface area contributed by atoms with Crippen LogP contribution in [0.2, 0.25) is 0 Å². The number of nitrogens with zero attached hydrogens (tertiary/aromatic N) is 2. The van der Waals surface area contributed by atoms with E-state index in [1.54, 1.807) is 30.5 Å². The highest BCUT2D eigenvalue weighted by atomic mass is 16.3. The highest BCUT2D eigenvalue weighted by Crippen LogP contribution is 2.38. The third-order valence-corrected chi connectivity index (χ3v) is 7.45. The first-order valence-electron chi connectivity index (χ1n) is 14.3. The standard InChI is InChI=1S/C35H36N4O3/c1-22(2)29-19-27(25-12-8-14-28(40)18-25)20-30(23(3)4)32(29)37-35(42)39(17-15-24-10-6-5-7-11-24)31-21-26-13-9-16-36-33(26)38-34(31)41/h5-14,16,18-23,40H,15,17H2,1-4H3,(H,37,42)(H,36,38,41). The monoisotopic (exact) mass is 560 g/mol. The maximum absolute atomic E-state index is 14.2. The summed E-state index contributed by atoms with van der Waals surface area (Å²) >= 11 is 0. The number of urea groups is 1. The number of rotatable bonds is 8. The number of aromatic amines is 1. The van der Waals surface area contributed by atoms with Gasteiger partial charge in [0.25, 0.3) is 5.56 Å². The van der Waals surface area contributed by atoms with Crippen LogP contribution >= 0.6 is 0 Å². The highest BCUT2D eigenvalue weighted by molar-refractivity contribution is 6.03. The third-order valence-electron chi connectivity index (χ3n) is 7.45. The zero-order valence-corrected chi connectivity index (χ0v) is 24.4. The Morgan fingerprint density at radius 3 is 2.26 bits per heavy atom. The molecule has 0 unspecified atom stereocenters. The normalized spacial score (nSPS) is 11.3. The van der Waals surface area contributed by atoms with Gasteiger partial charge in [-0.1, -0.05) is 70.2 Å². The van der Waals surface area contributed by atoms with Crippen molar-refractivity contribution >= 4 is 28.4 Å². The van der Waals surface area contributed by atoms with Crippen LogP contribution in [0.1, 0.15) is 56.2 Å². The molecule has 7 nitrogen and oxygen atoms in total. The average molecular weight is 561 g/mol. The van der Waals surface area contributed by atoms with Gasteiger partial charge in [-0.25, -0.2) is 9.78 Å². The van der Waals surface area contributed by atoms with Crippen LogP contribution < -0.4 is 15.8 Å². The molecule has 2 aromatic heterocycles. The van der Waals surface area contributed by atoms with Gasteiger partial charge in [0, 0.05) is 23.8 Å². The van der Waals surface area contributed by atoms with Crippen LogP contribution in [0.25, 0.3) is 22.2 Å². The van der Waals surface area contributed by atoms with E-state index in [4.69, 9.17) is 0 Å². The smallest absolute Gasteiger partial charge is 0.326 e. The lowest BCUT2D eigenvalue weighted by molar-refractivity contribution is 0.257. The van der Waals surface area contributed by atoms with Gasteiger partial charge in [-0.15, -0.1) is 0 Å². The van der Waals surface area contributed by atoms with Crippen LogP contribution in [0.15, 0.2) is 95.9 Å². The predicted octanol–water partition coefficient (Wildman–Crippen LogP) is 7.82. The Kier molecular flexibility index (Phi) is 8.38. The summed E-state index contributed by atoms with van der Waals surface area (Å²) in [6.45, 7) is 8.68. The number of phenolic OH excluding ortho intramolecular Hbond substituents is 1. The molecule has 42 heavy (non-hydrogen) atoms. The molecule has 0 aliphatic carbocycles. The van der Waals surface area contributed by atoms with Gasteiger partial charge in [-0.05, 0) is 88.5 Å². The van der Waals surface area contributed by atoms with E-state index in [0.29, 0.717) is 18.6 Å². The number of carbonyl (C=O) groups is 1. The van der Waals surface area contributed by atoms with Crippen LogP contribution in [-0.4, -0.2) is 27.7 Å². The maximum atomic E-state index is 14.2. The van der Waals surface area contributed by atoms with Gasteiger partial charge >= 0.3 is 6.03 Å². The number of benzene rings is 3. The summed E-state index contributed by atoms with van der Waals surface area (Å²) in [5.74, 6) is 0.401. The second kappa shape index (κ2) is 12.3. The molecule has 0 bridgehead atoms. The van der Waals surface area contributed by atoms with Gasteiger partial charge < -0.3 is 15.4 Å². The van der Waals surface area contributed by atoms with Crippen LogP contribution in [0.4, 0.5) is 16.2 Å². The number of amides is 2. The quantitative estimate of drug-likeness (QED) is 0.180. The maximum Gasteiger partial charge on any atom is 0.326 e. The minimum absolute atomic E-state index is 0.1000. The van der Waals surface area contributed by atoms with E-state index in [2.05, 4.69) is 55.1 Å². The molecular weight excluding hydrogens is 524 g/mol. The van der Waals surface area contributed by atoms with Crippen molar-refractivity contribution in [3.05, 3.63) is 118 Å². The number of carbonyl (C=O) groups excluding carboxylic acids is 1. The van der Waals surface area contributed by atoms with Crippen molar-refractivity contribution < 1.29 is 9.90 Å².